The average molecular weight is 234 g/mol. The van der Waals surface area contributed by atoms with Crippen molar-refractivity contribution in [2.75, 3.05) is 12.8 Å². The molecule has 0 aliphatic carbocycles. The molecule has 0 saturated heterocycles. The molecule has 86 valence electrons. The Balaban J connectivity index is 1.93. The predicted octanol–water partition coefficient (Wildman–Crippen LogP) is 3.01. The van der Waals surface area contributed by atoms with Crippen molar-refractivity contribution < 1.29 is 0 Å². The second-order valence-corrected chi connectivity index (χ2v) is 5.35. The van der Waals surface area contributed by atoms with Gasteiger partial charge in [0, 0.05) is 30.1 Å². The molecule has 2 nitrogen and oxygen atoms in total. The lowest BCUT2D eigenvalue weighted by molar-refractivity contribution is 0.685. The molecule has 1 heterocycles. The Labute approximate surface area is 101 Å². The number of H-pyrrole nitrogens is 1. The Kier molecular flexibility index (Phi) is 3.91. The van der Waals surface area contributed by atoms with E-state index in [-0.39, 0.29) is 0 Å². The lowest BCUT2D eigenvalue weighted by Crippen LogP contribution is -2.21. The van der Waals surface area contributed by atoms with E-state index in [4.69, 9.17) is 0 Å². The fourth-order valence-corrected chi connectivity index (χ4v) is 1.99. The van der Waals surface area contributed by atoms with Crippen molar-refractivity contribution in [3.8, 4) is 0 Å². The Morgan fingerprint density at radius 3 is 3.06 bits per heavy atom. The molecule has 0 radical (unpaired) electrons. The van der Waals surface area contributed by atoms with Gasteiger partial charge in [-0.25, -0.2) is 0 Å². The van der Waals surface area contributed by atoms with Crippen molar-refractivity contribution in [2.24, 2.45) is 0 Å². The van der Waals surface area contributed by atoms with Gasteiger partial charge in [0.25, 0.3) is 0 Å². The number of hydrogen-bond donors (Lipinski definition) is 2. The summed E-state index contributed by atoms with van der Waals surface area (Å²) in [6.07, 6.45) is 4.13. The maximum absolute atomic E-state index is 3.47. The third-order valence-electron chi connectivity index (χ3n) is 2.78. The lowest BCUT2D eigenvalue weighted by atomic mass is 10.1. The highest BCUT2D eigenvalue weighted by Crippen LogP contribution is 2.14. The topological polar surface area (TPSA) is 27.8 Å². The molecule has 3 heteroatoms. The summed E-state index contributed by atoms with van der Waals surface area (Å²) < 4.78 is 0. The minimum atomic E-state index is 0.675. The van der Waals surface area contributed by atoms with Gasteiger partial charge >= 0.3 is 0 Å². The molecule has 1 aromatic heterocycles. The highest BCUT2D eigenvalue weighted by Gasteiger charge is 2.00. The van der Waals surface area contributed by atoms with Crippen LogP contribution >= 0.6 is 11.8 Å². The number of rotatable bonds is 5. The molecule has 2 aromatic rings. The van der Waals surface area contributed by atoms with Crippen LogP contribution in [0, 0.1) is 0 Å². The van der Waals surface area contributed by atoms with Gasteiger partial charge in [0.1, 0.15) is 0 Å². The first-order valence-electron chi connectivity index (χ1n) is 5.59. The van der Waals surface area contributed by atoms with Gasteiger partial charge in [0.05, 0.1) is 0 Å². The maximum Gasteiger partial charge on any atom is 0.0457 e. The third kappa shape index (κ3) is 2.80. The Morgan fingerprint density at radius 1 is 1.38 bits per heavy atom. The van der Waals surface area contributed by atoms with Gasteiger partial charge in [0.15, 0.2) is 0 Å². The van der Waals surface area contributed by atoms with E-state index < -0.39 is 0 Å². The van der Waals surface area contributed by atoms with Crippen molar-refractivity contribution >= 4 is 22.7 Å². The summed E-state index contributed by atoms with van der Waals surface area (Å²) in [4.78, 5) is 3.24. The number of benzene rings is 1. The Morgan fingerprint density at radius 2 is 2.25 bits per heavy atom. The van der Waals surface area contributed by atoms with E-state index in [0.29, 0.717) is 5.25 Å². The van der Waals surface area contributed by atoms with E-state index in [1.165, 1.54) is 16.5 Å². The van der Waals surface area contributed by atoms with Crippen LogP contribution in [0.4, 0.5) is 0 Å². The number of fused-ring (bicyclic) bond motifs is 1. The maximum atomic E-state index is 3.47. The van der Waals surface area contributed by atoms with Crippen molar-refractivity contribution in [1.82, 2.24) is 10.3 Å². The summed E-state index contributed by atoms with van der Waals surface area (Å²) in [7, 11) is 0. The minimum Gasteiger partial charge on any atom is -0.361 e. The van der Waals surface area contributed by atoms with Crippen molar-refractivity contribution in [2.45, 2.75) is 18.7 Å². The fourth-order valence-electron chi connectivity index (χ4n) is 1.71. The molecule has 2 N–H and O–H groups in total. The highest BCUT2D eigenvalue weighted by molar-refractivity contribution is 7.99. The molecule has 0 aliphatic heterocycles. The van der Waals surface area contributed by atoms with E-state index in [9.17, 15) is 0 Å². The number of aromatic nitrogens is 1. The molecule has 1 unspecified atom stereocenters. The molecule has 0 saturated carbocycles. The smallest absolute Gasteiger partial charge is 0.0457 e. The van der Waals surface area contributed by atoms with Crippen LogP contribution in [-0.4, -0.2) is 23.0 Å². The summed E-state index contributed by atoms with van der Waals surface area (Å²) in [6.45, 7) is 4.25. The molecule has 1 aromatic carbocycles. The molecule has 0 fully saturated rings. The van der Waals surface area contributed by atoms with Crippen molar-refractivity contribution in [3.63, 3.8) is 0 Å². The normalized spacial score (nSPS) is 13.1. The standard InChI is InChI=1S/C13H18N2S/c1-10(16-2)8-14-9-11-3-4-12-5-6-15-13(12)7-11/h3-7,10,14-15H,8-9H2,1-2H3. The van der Waals surface area contributed by atoms with Gasteiger partial charge in [0.2, 0.25) is 0 Å². The van der Waals surface area contributed by atoms with Crippen molar-refractivity contribution in [1.29, 1.82) is 0 Å². The SMILES string of the molecule is CSC(C)CNCc1ccc2cc[nH]c2c1. The first-order valence-corrected chi connectivity index (χ1v) is 6.88. The number of aromatic amines is 1. The molecule has 0 spiro atoms. The van der Waals surface area contributed by atoms with Crippen LogP contribution in [0.15, 0.2) is 30.5 Å². The zero-order valence-corrected chi connectivity index (χ0v) is 10.6. The molecular formula is C13H18N2S. The zero-order valence-electron chi connectivity index (χ0n) is 9.79. The van der Waals surface area contributed by atoms with Gasteiger partial charge in [-0.15, -0.1) is 0 Å². The monoisotopic (exact) mass is 234 g/mol. The minimum absolute atomic E-state index is 0.675. The zero-order chi connectivity index (χ0) is 11.4. The second kappa shape index (κ2) is 5.41. The van der Waals surface area contributed by atoms with Gasteiger partial charge in [-0.05, 0) is 29.3 Å². The van der Waals surface area contributed by atoms with Gasteiger partial charge in [-0.3, -0.25) is 0 Å². The fraction of sp³-hybridized carbons (Fsp3) is 0.385. The molecule has 2 rings (SSSR count). The van der Waals surface area contributed by atoms with Crippen molar-refractivity contribution in [3.05, 3.63) is 36.0 Å². The number of hydrogen-bond acceptors (Lipinski definition) is 2. The van der Waals surface area contributed by atoms with Crippen LogP contribution in [0.2, 0.25) is 0 Å². The predicted molar refractivity (Wildman–Crippen MR) is 73.0 cm³/mol. The van der Waals surface area contributed by atoms with Crippen LogP contribution < -0.4 is 5.32 Å². The summed E-state index contributed by atoms with van der Waals surface area (Å²) in [5, 5.41) is 5.43. The molecular weight excluding hydrogens is 216 g/mol. The number of nitrogens with one attached hydrogen (secondary N) is 2. The van der Waals surface area contributed by atoms with E-state index >= 15 is 0 Å². The van der Waals surface area contributed by atoms with E-state index in [2.05, 4.69) is 47.7 Å². The van der Waals surface area contributed by atoms with E-state index in [0.717, 1.165) is 13.1 Å². The summed E-state index contributed by atoms with van der Waals surface area (Å²) in [5.74, 6) is 0. The molecule has 0 bridgehead atoms. The van der Waals surface area contributed by atoms with Crippen LogP contribution in [-0.2, 0) is 6.54 Å². The van der Waals surface area contributed by atoms with Crippen LogP contribution in [0.1, 0.15) is 12.5 Å². The van der Waals surface area contributed by atoms with Crippen LogP contribution in [0.5, 0.6) is 0 Å². The largest absolute Gasteiger partial charge is 0.361 e. The third-order valence-corrected chi connectivity index (χ3v) is 3.75. The highest BCUT2D eigenvalue weighted by atomic mass is 32.2. The van der Waals surface area contributed by atoms with Gasteiger partial charge < -0.3 is 10.3 Å². The molecule has 1 atom stereocenters. The summed E-state index contributed by atoms with van der Waals surface area (Å²) in [6, 6.07) is 8.67. The Bertz CT molecular complexity index is 450. The van der Waals surface area contributed by atoms with Gasteiger partial charge in [-0.1, -0.05) is 19.1 Å². The lowest BCUT2D eigenvalue weighted by Gasteiger charge is -2.09. The summed E-state index contributed by atoms with van der Waals surface area (Å²) >= 11 is 1.90. The quantitative estimate of drug-likeness (QED) is 0.832. The Hall–Kier alpha value is -0.930. The van der Waals surface area contributed by atoms with Gasteiger partial charge in [-0.2, -0.15) is 11.8 Å². The van der Waals surface area contributed by atoms with E-state index in [1.54, 1.807) is 0 Å². The van der Waals surface area contributed by atoms with Crippen LogP contribution in [0.3, 0.4) is 0 Å². The first kappa shape index (κ1) is 11.6. The number of thioether (sulfide) groups is 1. The molecule has 0 amide bonds. The second-order valence-electron chi connectivity index (χ2n) is 4.08. The first-order chi connectivity index (χ1) is 7.79. The summed E-state index contributed by atoms with van der Waals surface area (Å²) in [5.41, 5.74) is 2.56. The van der Waals surface area contributed by atoms with E-state index in [1.807, 2.05) is 18.0 Å². The van der Waals surface area contributed by atoms with Crippen LogP contribution in [0.25, 0.3) is 10.9 Å². The average Bonchev–Trinajstić information content (AvgIpc) is 2.76. The molecule has 16 heavy (non-hydrogen) atoms. The molecule has 0 aliphatic rings.